The maximum atomic E-state index is 12.0. The zero-order valence-corrected chi connectivity index (χ0v) is 16.9. The van der Waals surface area contributed by atoms with Crippen molar-refractivity contribution < 1.29 is 14.5 Å². The Balaban J connectivity index is 1.99. The zero-order chi connectivity index (χ0) is 20.9. The summed E-state index contributed by atoms with van der Waals surface area (Å²) in [6, 6.07) is 10.1. The van der Waals surface area contributed by atoms with E-state index in [-0.39, 0.29) is 22.7 Å². The van der Waals surface area contributed by atoms with Crippen LogP contribution in [-0.2, 0) is 10.2 Å². The molecule has 0 unspecified atom stereocenters. The lowest BCUT2D eigenvalue weighted by Gasteiger charge is -2.23. The van der Waals surface area contributed by atoms with E-state index in [1.165, 1.54) is 18.3 Å². The van der Waals surface area contributed by atoms with Crippen molar-refractivity contribution in [2.24, 2.45) is 5.10 Å². The van der Waals surface area contributed by atoms with E-state index < -0.39 is 10.8 Å². The van der Waals surface area contributed by atoms with Gasteiger partial charge in [0, 0.05) is 11.6 Å². The van der Waals surface area contributed by atoms with Gasteiger partial charge in [-0.15, -0.1) is 0 Å². The van der Waals surface area contributed by atoms with Crippen LogP contribution in [0.2, 0.25) is 5.02 Å². The van der Waals surface area contributed by atoms with Crippen LogP contribution < -0.4 is 10.2 Å². The molecule has 8 heteroatoms. The first-order chi connectivity index (χ1) is 13.1. The van der Waals surface area contributed by atoms with Gasteiger partial charge in [-0.1, -0.05) is 50.6 Å². The molecule has 1 N–H and O–H groups in total. The highest BCUT2D eigenvalue weighted by molar-refractivity contribution is 6.32. The molecule has 0 heterocycles. The number of amides is 1. The van der Waals surface area contributed by atoms with Gasteiger partial charge in [0.2, 0.25) is 0 Å². The van der Waals surface area contributed by atoms with Gasteiger partial charge >= 0.3 is 0 Å². The highest BCUT2D eigenvalue weighted by Crippen LogP contribution is 2.32. The molecule has 0 bridgehead atoms. The van der Waals surface area contributed by atoms with Crippen molar-refractivity contribution in [1.29, 1.82) is 0 Å². The Hall–Kier alpha value is -2.93. The monoisotopic (exact) mass is 403 g/mol. The molecule has 1 amide bonds. The molecule has 148 valence electrons. The summed E-state index contributed by atoms with van der Waals surface area (Å²) in [4.78, 5) is 22.3. The number of carbonyl (C=O) groups excluding carboxylic acids is 1. The van der Waals surface area contributed by atoms with E-state index >= 15 is 0 Å². The molecule has 0 fully saturated rings. The number of nitro groups is 1. The van der Waals surface area contributed by atoms with Crippen LogP contribution in [0.25, 0.3) is 0 Å². The van der Waals surface area contributed by atoms with E-state index in [0.29, 0.717) is 11.3 Å². The molecule has 0 aliphatic carbocycles. The summed E-state index contributed by atoms with van der Waals surface area (Å²) in [5, 5.41) is 14.7. The lowest BCUT2D eigenvalue weighted by atomic mass is 9.86. The van der Waals surface area contributed by atoms with Crippen molar-refractivity contribution in [3.63, 3.8) is 0 Å². The van der Waals surface area contributed by atoms with Crippen molar-refractivity contribution >= 4 is 29.4 Å². The standard InChI is InChI=1S/C20H22ClN3O4/c1-13-5-7-15(20(2,3)4)18(9-13)28-12-19(25)23-22-11-14-6-8-16(21)17(10-14)24(26)27/h5-11H,12H2,1-4H3,(H,23,25). The second kappa shape index (κ2) is 8.84. The van der Waals surface area contributed by atoms with Crippen LogP contribution in [0.15, 0.2) is 41.5 Å². The summed E-state index contributed by atoms with van der Waals surface area (Å²) in [5.41, 5.74) is 4.46. The summed E-state index contributed by atoms with van der Waals surface area (Å²) < 4.78 is 5.68. The fourth-order valence-electron chi connectivity index (χ4n) is 2.47. The Kier molecular flexibility index (Phi) is 6.75. The molecule has 7 nitrogen and oxygen atoms in total. The third kappa shape index (κ3) is 5.79. The molecule has 0 spiro atoms. The van der Waals surface area contributed by atoms with Gasteiger partial charge in [-0.25, -0.2) is 5.43 Å². The summed E-state index contributed by atoms with van der Waals surface area (Å²) >= 11 is 5.76. The van der Waals surface area contributed by atoms with Gasteiger partial charge in [0.25, 0.3) is 11.6 Å². The minimum atomic E-state index is -0.583. The van der Waals surface area contributed by atoms with E-state index in [0.717, 1.165) is 11.1 Å². The van der Waals surface area contributed by atoms with Crippen molar-refractivity contribution in [2.45, 2.75) is 33.1 Å². The van der Waals surface area contributed by atoms with Gasteiger partial charge in [-0.3, -0.25) is 14.9 Å². The summed E-state index contributed by atoms with van der Waals surface area (Å²) in [6.45, 7) is 7.96. The van der Waals surface area contributed by atoms with Crippen molar-refractivity contribution in [2.75, 3.05) is 6.61 Å². The number of nitrogens with one attached hydrogen (secondary N) is 1. The number of benzene rings is 2. The normalized spacial score (nSPS) is 11.5. The highest BCUT2D eigenvalue weighted by Gasteiger charge is 2.19. The maximum absolute atomic E-state index is 12.0. The number of halogens is 1. The Morgan fingerprint density at radius 1 is 1.29 bits per heavy atom. The minimum absolute atomic E-state index is 0.0346. The second-order valence-corrected chi connectivity index (χ2v) is 7.71. The number of rotatable bonds is 6. The van der Waals surface area contributed by atoms with E-state index in [1.54, 1.807) is 6.07 Å². The third-order valence-electron chi connectivity index (χ3n) is 3.87. The number of carbonyl (C=O) groups is 1. The van der Waals surface area contributed by atoms with Gasteiger partial charge in [0.05, 0.1) is 11.1 Å². The van der Waals surface area contributed by atoms with E-state index in [4.69, 9.17) is 16.3 Å². The first-order valence-electron chi connectivity index (χ1n) is 8.57. The van der Waals surface area contributed by atoms with Crippen molar-refractivity contribution in [1.82, 2.24) is 5.43 Å². The molecule has 2 aromatic rings. The number of nitrogens with zero attached hydrogens (tertiary/aromatic N) is 2. The molecule has 28 heavy (non-hydrogen) atoms. The average molecular weight is 404 g/mol. The quantitative estimate of drug-likeness (QED) is 0.440. The topological polar surface area (TPSA) is 93.8 Å². The summed E-state index contributed by atoms with van der Waals surface area (Å²) in [6.07, 6.45) is 1.30. The van der Waals surface area contributed by atoms with Crippen LogP contribution in [0.4, 0.5) is 5.69 Å². The molecular weight excluding hydrogens is 382 g/mol. The Labute approximate surface area is 168 Å². The van der Waals surface area contributed by atoms with Crippen LogP contribution in [0.3, 0.4) is 0 Å². The highest BCUT2D eigenvalue weighted by atomic mass is 35.5. The summed E-state index contributed by atoms with van der Waals surface area (Å²) in [7, 11) is 0. The first kappa shape index (κ1) is 21.4. The lowest BCUT2D eigenvalue weighted by molar-refractivity contribution is -0.384. The number of hydrogen-bond donors (Lipinski definition) is 1. The van der Waals surface area contributed by atoms with Crippen LogP contribution in [0.1, 0.15) is 37.5 Å². The van der Waals surface area contributed by atoms with Crippen LogP contribution in [-0.4, -0.2) is 23.7 Å². The van der Waals surface area contributed by atoms with Gasteiger partial charge in [-0.05, 0) is 35.6 Å². The SMILES string of the molecule is Cc1ccc(C(C)(C)C)c(OCC(=O)NN=Cc2ccc(Cl)c([N+](=O)[O-])c2)c1. The summed E-state index contributed by atoms with van der Waals surface area (Å²) in [5.74, 6) is 0.209. The average Bonchev–Trinajstić information content (AvgIpc) is 2.60. The Morgan fingerprint density at radius 2 is 2.00 bits per heavy atom. The van der Waals surface area contributed by atoms with E-state index in [1.807, 2.05) is 25.1 Å². The molecule has 0 aliphatic heterocycles. The zero-order valence-electron chi connectivity index (χ0n) is 16.2. The molecule has 2 aromatic carbocycles. The lowest BCUT2D eigenvalue weighted by Crippen LogP contribution is -2.25. The first-order valence-corrected chi connectivity index (χ1v) is 8.95. The number of hydrogen-bond acceptors (Lipinski definition) is 5. The molecule has 2 rings (SSSR count). The Bertz CT molecular complexity index is 920. The Morgan fingerprint density at radius 3 is 2.64 bits per heavy atom. The van der Waals surface area contributed by atoms with E-state index in [2.05, 4.69) is 31.3 Å². The van der Waals surface area contributed by atoms with Crippen molar-refractivity contribution in [3.8, 4) is 5.75 Å². The van der Waals surface area contributed by atoms with Gasteiger partial charge in [-0.2, -0.15) is 5.10 Å². The molecule has 0 radical (unpaired) electrons. The smallest absolute Gasteiger partial charge is 0.288 e. The third-order valence-corrected chi connectivity index (χ3v) is 4.19. The minimum Gasteiger partial charge on any atom is -0.483 e. The van der Waals surface area contributed by atoms with Gasteiger partial charge < -0.3 is 4.74 Å². The largest absolute Gasteiger partial charge is 0.483 e. The molecule has 0 atom stereocenters. The molecule has 0 saturated heterocycles. The molecular formula is C20H22ClN3O4. The second-order valence-electron chi connectivity index (χ2n) is 7.30. The number of ether oxygens (including phenoxy) is 1. The fraction of sp³-hybridized carbons (Fsp3) is 0.300. The number of nitro benzene ring substituents is 1. The predicted octanol–water partition coefficient (Wildman–Crippen LogP) is 4.38. The molecule has 0 saturated carbocycles. The van der Waals surface area contributed by atoms with Crippen LogP contribution in [0, 0.1) is 17.0 Å². The molecule has 0 aromatic heterocycles. The van der Waals surface area contributed by atoms with Crippen LogP contribution in [0.5, 0.6) is 5.75 Å². The number of hydrazone groups is 1. The maximum Gasteiger partial charge on any atom is 0.288 e. The fourth-order valence-corrected chi connectivity index (χ4v) is 2.66. The molecule has 0 aliphatic rings. The predicted molar refractivity (Wildman–Crippen MR) is 109 cm³/mol. The van der Waals surface area contributed by atoms with Crippen LogP contribution >= 0.6 is 11.6 Å². The van der Waals surface area contributed by atoms with Gasteiger partial charge in [0.1, 0.15) is 10.8 Å². The number of aryl methyl sites for hydroxylation is 1. The van der Waals surface area contributed by atoms with Crippen molar-refractivity contribution in [3.05, 3.63) is 68.2 Å². The van der Waals surface area contributed by atoms with E-state index in [9.17, 15) is 14.9 Å². The van der Waals surface area contributed by atoms with Gasteiger partial charge in [0.15, 0.2) is 6.61 Å².